The Morgan fingerprint density at radius 3 is 1.42 bits per heavy atom. The van der Waals surface area contributed by atoms with Gasteiger partial charge in [-0.3, -0.25) is 13.6 Å². The first kappa shape index (κ1) is 29.5. The monoisotopic (exact) mass is 462 g/mol. The summed E-state index contributed by atoms with van der Waals surface area (Å²) in [5.41, 5.74) is 0. The van der Waals surface area contributed by atoms with Crippen LogP contribution in [0, 0.1) is 0 Å². The van der Waals surface area contributed by atoms with Crippen LogP contribution in [0.25, 0.3) is 0 Å². The molecule has 0 aromatic carbocycles. The van der Waals surface area contributed by atoms with Crippen LogP contribution in [-0.4, -0.2) is 45.0 Å². The van der Waals surface area contributed by atoms with Crippen LogP contribution in [-0.2, 0) is 37.2 Å². The molecule has 0 aromatic rings. The highest BCUT2D eigenvalue weighted by Crippen LogP contribution is 2.49. The van der Waals surface area contributed by atoms with Gasteiger partial charge < -0.3 is 9.47 Å². The van der Waals surface area contributed by atoms with Crippen molar-refractivity contribution in [1.29, 1.82) is 0 Å². The lowest BCUT2D eigenvalue weighted by Crippen LogP contribution is -2.07. The van der Waals surface area contributed by atoms with Gasteiger partial charge in [-0.05, 0) is 32.1 Å². The zero-order chi connectivity index (χ0) is 23.2. The molecule has 0 aliphatic rings. The number of hydrogen-bond donors (Lipinski definition) is 0. The first-order valence-electron chi connectivity index (χ1n) is 11.1. The van der Waals surface area contributed by atoms with E-state index in [1.165, 1.54) is 19.3 Å². The number of phosphoric ester groups is 1. The first-order valence-corrected chi connectivity index (χ1v) is 12.6. The van der Waals surface area contributed by atoms with E-state index in [1.807, 2.05) is 0 Å². The molecule has 0 spiro atoms. The molecule has 9 heteroatoms. The van der Waals surface area contributed by atoms with E-state index < -0.39 is 19.8 Å². The molecular weight excluding hydrogens is 423 g/mol. The molecule has 180 valence electrons. The lowest BCUT2D eigenvalue weighted by Gasteiger charge is -2.18. The molecule has 0 aromatic heterocycles. The predicted octanol–water partition coefficient (Wildman–Crippen LogP) is 5.52. The molecule has 0 aliphatic heterocycles. The van der Waals surface area contributed by atoms with E-state index in [0.29, 0.717) is 32.3 Å². The van der Waals surface area contributed by atoms with Gasteiger partial charge in [-0.15, -0.1) is 0 Å². The Morgan fingerprint density at radius 1 is 0.645 bits per heavy atom. The Morgan fingerprint density at radius 2 is 1.00 bits per heavy atom. The summed E-state index contributed by atoms with van der Waals surface area (Å²) in [6, 6.07) is 0. The minimum absolute atomic E-state index is 0.163. The zero-order valence-corrected chi connectivity index (χ0v) is 19.8. The predicted molar refractivity (Wildman–Crippen MR) is 120 cm³/mol. The van der Waals surface area contributed by atoms with Crippen molar-refractivity contribution in [2.75, 3.05) is 33.0 Å². The number of hydrogen-bond acceptors (Lipinski definition) is 8. The topological polar surface area (TPSA) is 97.4 Å². The second kappa shape index (κ2) is 20.4. The van der Waals surface area contributed by atoms with Gasteiger partial charge in [0.25, 0.3) is 0 Å². The number of phosphoric acid groups is 1. The molecule has 0 fully saturated rings. The van der Waals surface area contributed by atoms with Crippen molar-refractivity contribution in [2.24, 2.45) is 0 Å². The van der Waals surface area contributed by atoms with Crippen LogP contribution in [0.15, 0.2) is 25.3 Å². The maximum absolute atomic E-state index is 12.9. The Bertz CT molecular complexity index is 514. The second-order valence-corrected chi connectivity index (χ2v) is 8.54. The molecule has 8 nitrogen and oxygen atoms in total. The summed E-state index contributed by atoms with van der Waals surface area (Å²) in [6.45, 7) is 9.92. The molecule has 0 bridgehead atoms. The molecule has 0 aliphatic carbocycles. The smallest absolute Gasteiger partial charge is 0.463 e. The molecule has 0 unspecified atom stereocenters. The van der Waals surface area contributed by atoms with Crippen LogP contribution in [0.4, 0.5) is 0 Å². The number of esters is 2. The summed E-state index contributed by atoms with van der Waals surface area (Å²) >= 11 is 0. The van der Waals surface area contributed by atoms with Gasteiger partial charge in [0.05, 0.1) is 33.0 Å². The summed E-state index contributed by atoms with van der Waals surface area (Å²) in [5, 5.41) is 0. The summed E-state index contributed by atoms with van der Waals surface area (Å²) in [7, 11) is -3.68. The minimum Gasteiger partial charge on any atom is -0.463 e. The third-order valence-electron chi connectivity index (χ3n) is 4.15. The third kappa shape index (κ3) is 19.0. The standard InChI is InChI=1S/C22H39O8P/c1-4-7-8-9-10-11-18-28-31(25,29-19-14-12-16-26-21(23)5-2)30-20-15-13-17-27-22(24)6-3/h5-6H,2-4,7-20H2,1H3. The molecule has 0 saturated heterocycles. The van der Waals surface area contributed by atoms with E-state index in [2.05, 4.69) is 20.1 Å². The molecule has 0 N–H and O–H groups in total. The van der Waals surface area contributed by atoms with Crippen molar-refractivity contribution in [3.05, 3.63) is 25.3 Å². The van der Waals surface area contributed by atoms with Gasteiger partial charge in [0.1, 0.15) is 0 Å². The summed E-state index contributed by atoms with van der Waals surface area (Å²) < 4.78 is 38.9. The average molecular weight is 463 g/mol. The van der Waals surface area contributed by atoms with Gasteiger partial charge in [0.2, 0.25) is 0 Å². The normalized spacial score (nSPS) is 11.1. The number of ether oxygens (including phenoxy) is 2. The Balaban J connectivity index is 4.21. The fraction of sp³-hybridized carbons (Fsp3) is 0.727. The van der Waals surface area contributed by atoms with Crippen molar-refractivity contribution >= 4 is 19.8 Å². The second-order valence-electron chi connectivity index (χ2n) is 6.87. The van der Waals surface area contributed by atoms with E-state index in [0.717, 1.165) is 31.4 Å². The number of rotatable bonds is 22. The number of carbonyl (C=O) groups excluding carboxylic acids is 2. The van der Waals surface area contributed by atoms with Gasteiger partial charge >= 0.3 is 19.8 Å². The van der Waals surface area contributed by atoms with Crippen LogP contribution in [0.1, 0.15) is 71.1 Å². The van der Waals surface area contributed by atoms with E-state index in [1.54, 1.807) is 0 Å². The van der Waals surface area contributed by atoms with Gasteiger partial charge in [0.15, 0.2) is 0 Å². The van der Waals surface area contributed by atoms with E-state index in [4.69, 9.17) is 23.0 Å². The fourth-order valence-corrected chi connectivity index (χ4v) is 3.68. The van der Waals surface area contributed by atoms with Crippen molar-refractivity contribution in [2.45, 2.75) is 71.1 Å². The van der Waals surface area contributed by atoms with Gasteiger partial charge in [0, 0.05) is 12.2 Å². The lowest BCUT2D eigenvalue weighted by atomic mass is 10.1. The SMILES string of the molecule is C=CC(=O)OCCCCOP(=O)(OCCCCCCCC)OCCCCOC(=O)C=C. The van der Waals surface area contributed by atoms with Crippen LogP contribution < -0.4 is 0 Å². The van der Waals surface area contributed by atoms with Crippen LogP contribution in [0.5, 0.6) is 0 Å². The maximum atomic E-state index is 12.9. The molecule has 0 rings (SSSR count). The molecular formula is C22H39O8P. The third-order valence-corrected chi connectivity index (χ3v) is 5.64. The molecule has 31 heavy (non-hydrogen) atoms. The lowest BCUT2D eigenvalue weighted by molar-refractivity contribution is -0.138. The first-order chi connectivity index (χ1) is 15.0. The quantitative estimate of drug-likeness (QED) is 0.0897. The van der Waals surface area contributed by atoms with Gasteiger partial charge in [-0.1, -0.05) is 52.2 Å². The van der Waals surface area contributed by atoms with E-state index in [9.17, 15) is 14.2 Å². The van der Waals surface area contributed by atoms with Crippen LogP contribution in [0.3, 0.4) is 0 Å². The Hall–Kier alpha value is -1.47. The molecule has 0 atom stereocenters. The van der Waals surface area contributed by atoms with Crippen molar-refractivity contribution in [3.8, 4) is 0 Å². The highest BCUT2D eigenvalue weighted by atomic mass is 31.2. The Kier molecular flexibility index (Phi) is 19.5. The van der Waals surface area contributed by atoms with Crippen molar-refractivity contribution in [1.82, 2.24) is 0 Å². The summed E-state index contributed by atoms with van der Waals surface area (Å²) in [4.78, 5) is 22.0. The van der Waals surface area contributed by atoms with Gasteiger partial charge in [-0.25, -0.2) is 14.2 Å². The molecule has 0 saturated carbocycles. The van der Waals surface area contributed by atoms with Crippen molar-refractivity contribution in [3.63, 3.8) is 0 Å². The minimum atomic E-state index is -3.68. The fourth-order valence-electron chi connectivity index (χ4n) is 2.39. The number of unbranched alkanes of at least 4 members (excludes halogenated alkanes) is 7. The molecule has 0 heterocycles. The summed E-state index contributed by atoms with van der Waals surface area (Å²) in [6.07, 6.45) is 10.9. The summed E-state index contributed by atoms with van der Waals surface area (Å²) in [5.74, 6) is -0.952. The van der Waals surface area contributed by atoms with Crippen LogP contribution in [0.2, 0.25) is 0 Å². The molecule has 0 amide bonds. The maximum Gasteiger partial charge on any atom is 0.474 e. The Labute approximate surface area is 186 Å². The highest BCUT2D eigenvalue weighted by Gasteiger charge is 2.26. The van der Waals surface area contributed by atoms with Crippen molar-refractivity contribution < 1.29 is 37.2 Å². The average Bonchev–Trinajstić information content (AvgIpc) is 2.77. The van der Waals surface area contributed by atoms with E-state index in [-0.39, 0.29) is 26.4 Å². The zero-order valence-electron chi connectivity index (χ0n) is 18.9. The molecule has 0 radical (unpaired) electrons. The van der Waals surface area contributed by atoms with Gasteiger partial charge in [-0.2, -0.15) is 0 Å². The van der Waals surface area contributed by atoms with E-state index >= 15 is 0 Å². The largest absolute Gasteiger partial charge is 0.474 e. The number of carbonyl (C=O) groups is 2. The van der Waals surface area contributed by atoms with Crippen LogP contribution >= 0.6 is 7.82 Å². The highest BCUT2D eigenvalue weighted by molar-refractivity contribution is 7.48.